The third kappa shape index (κ3) is 7.16. The first-order chi connectivity index (χ1) is 9.83. The third-order valence-electron chi connectivity index (χ3n) is 4.02. The summed E-state index contributed by atoms with van der Waals surface area (Å²) in [6, 6.07) is 0. The summed E-state index contributed by atoms with van der Waals surface area (Å²) in [6.45, 7) is 9.17. The minimum Gasteiger partial charge on any atom is -0.444 e. The fourth-order valence-electron chi connectivity index (χ4n) is 2.79. The minimum absolute atomic E-state index is 0.212. The maximum atomic E-state index is 12.0. The van der Waals surface area contributed by atoms with Crippen molar-refractivity contribution in [3.05, 3.63) is 0 Å². The van der Waals surface area contributed by atoms with Crippen molar-refractivity contribution in [1.82, 2.24) is 4.90 Å². The van der Waals surface area contributed by atoms with Crippen LogP contribution in [0.25, 0.3) is 0 Å². The lowest BCUT2D eigenvalue weighted by Crippen LogP contribution is -2.36. The Labute approximate surface area is 129 Å². The van der Waals surface area contributed by atoms with Gasteiger partial charge in [0.25, 0.3) is 0 Å². The van der Waals surface area contributed by atoms with Gasteiger partial charge in [-0.1, -0.05) is 39.0 Å². The fraction of sp³-hybridized carbons (Fsp3) is 0.941. The van der Waals surface area contributed by atoms with Gasteiger partial charge in [0.2, 0.25) is 0 Å². The zero-order valence-corrected chi connectivity index (χ0v) is 14.2. The van der Waals surface area contributed by atoms with Gasteiger partial charge in [-0.15, -0.1) is 0 Å². The van der Waals surface area contributed by atoms with E-state index in [1.807, 2.05) is 20.8 Å². The number of carbonyl (C=O) groups excluding carboxylic acids is 1. The number of hydrogen-bond donors (Lipinski definition) is 1. The molecule has 0 spiro atoms. The van der Waals surface area contributed by atoms with E-state index in [-0.39, 0.29) is 18.1 Å². The molecule has 4 nitrogen and oxygen atoms in total. The Bertz CT molecular complexity index is 312. The summed E-state index contributed by atoms with van der Waals surface area (Å²) in [5.41, 5.74) is -0.451. The predicted octanol–water partition coefficient (Wildman–Crippen LogP) is 3.96. The van der Waals surface area contributed by atoms with Gasteiger partial charge in [0.05, 0.1) is 6.10 Å². The van der Waals surface area contributed by atoms with Crippen molar-refractivity contribution in [3.63, 3.8) is 0 Å². The number of carbonyl (C=O) groups is 1. The lowest BCUT2D eigenvalue weighted by molar-refractivity contribution is 0.0265. The number of nitrogens with zero attached hydrogens (tertiary/aromatic N) is 1. The molecule has 0 aromatic heterocycles. The van der Waals surface area contributed by atoms with Crippen LogP contribution in [0.15, 0.2) is 0 Å². The van der Waals surface area contributed by atoms with E-state index in [4.69, 9.17) is 4.74 Å². The predicted molar refractivity (Wildman–Crippen MR) is 85.3 cm³/mol. The van der Waals surface area contributed by atoms with Gasteiger partial charge in [0.15, 0.2) is 0 Å². The SMILES string of the molecule is CCCCCCCC(O)C1CCN(C(=O)OC(C)(C)C)C1. The average molecular weight is 299 g/mol. The highest BCUT2D eigenvalue weighted by molar-refractivity contribution is 5.68. The molecule has 0 saturated carbocycles. The van der Waals surface area contributed by atoms with E-state index < -0.39 is 5.60 Å². The average Bonchev–Trinajstić information content (AvgIpc) is 2.86. The van der Waals surface area contributed by atoms with Crippen LogP contribution >= 0.6 is 0 Å². The van der Waals surface area contributed by atoms with Gasteiger partial charge >= 0.3 is 6.09 Å². The molecule has 0 aliphatic carbocycles. The summed E-state index contributed by atoms with van der Waals surface area (Å²) in [6.07, 6.45) is 7.29. The minimum atomic E-state index is -0.451. The Morgan fingerprint density at radius 3 is 2.57 bits per heavy atom. The molecule has 4 heteroatoms. The molecule has 2 atom stereocenters. The third-order valence-corrected chi connectivity index (χ3v) is 4.02. The molecule has 0 bridgehead atoms. The summed E-state index contributed by atoms with van der Waals surface area (Å²) in [5, 5.41) is 10.3. The maximum absolute atomic E-state index is 12.0. The Hall–Kier alpha value is -0.770. The highest BCUT2D eigenvalue weighted by Crippen LogP contribution is 2.24. The smallest absolute Gasteiger partial charge is 0.410 e. The van der Waals surface area contributed by atoms with E-state index in [2.05, 4.69) is 6.92 Å². The molecule has 21 heavy (non-hydrogen) atoms. The van der Waals surface area contributed by atoms with E-state index in [0.717, 1.165) is 19.3 Å². The molecule has 1 amide bonds. The lowest BCUT2D eigenvalue weighted by atomic mass is 9.96. The van der Waals surface area contributed by atoms with Crippen LogP contribution in [0.2, 0.25) is 0 Å². The number of amides is 1. The summed E-state index contributed by atoms with van der Waals surface area (Å²) < 4.78 is 5.38. The van der Waals surface area contributed by atoms with E-state index in [9.17, 15) is 9.90 Å². The number of hydrogen-bond acceptors (Lipinski definition) is 3. The van der Waals surface area contributed by atoms with E-state index in [1.54, 1.807) is 4.90 Å². The number of likely N-dealkylation sites (tertiary alicyclic amines) is 1. The molecule has 0 aromatic rings. The Morgan fingerprint density at radius 1 is 1.29 bits per heavy atom. The molecule has 124 valence electrons. The Morgan fingerprint density at radius 2 is 1.95 bits per heavy atom. The van der Waals surface area contributed by atoms with Gasteiger partial charge in [-0.2, -0.15) is 0 Å². The molecule has 1 heterocycles. The standard InChI is InChI=1S/C17H33NO3/c1-5-6-7-8-9-10-15(19)14-11-12-18(13-14)16(20)21-17(2,3)4/h14-15,19H,5-13H2,1-4H3. The Kier molecular flexibility index (Phi) is 7.50. The molecule has 0 aromatic carbocycles. The summed E-state index contributed by atoms with van der Waals surface area (Å²) in [4.78, 5) is 13.7. The molecule has 1 N–H and O–H groups in total. The van der Waals surface area contributed by atoms with Gasteiger partial charge < -0.3 is 14.7 Å². The number of aliphatic hydroxyl groups excluding tert-OH is 1. The zero-order chi connectivity index (χ0) is 15.9. The molecular formula is C17H33NO3. The van der Waals surface area contributed by atoms with E-state index >= 15 is 0 Å². The molecule has 0 radical (unpaired) electrons. The summed E-state index contributed by atoms with van der Waals surface area (Å²) in [7, 11) is 0. The highest BCUT2D eigenvalue weighted by atomic mass is 16.6. The normalized spacial score (nSPS) is 20.6. The van der Waals surface area contributed by atoms with Gasteiger partial charge in [0.1, 0.15) is 5.60 Å². The second-order valence-corrected chi connectivity index (χ2v) is 7.25. The van der Waals surface area contributed by atoms with Crippen molar-refractivity contribution in [3.8, 4) is 0 Å². The second-order valence-electron chi connectivity index (χ2n) is 7.25. The highest BCUT2D eigenvalue weighted by Gasteiger charge is 2.32. The monoisotopic (exact) mass is 299 g/mol. The van der Waals surface area contributed by atoms with Gasteiger partial charge in [-0.25, -0.2) is 4.79 Å². The van der Waals surface area contributed by atoms with Crippen molar-refractivity contribution in [2.24, 2.45) is 5.92 Å². The van der Waals surface area contributed by atoms with Crippen LogP contribution in [-0.2, 0) is 4.74 Å². The van der Waals surface area contributed by atoms with Crippen molar-refractivity contribution in [2.45, 2.75) is 84.3 Å². The molecule has 1 rings (SSSR count). The van der Waals surface area contributed by atoms with E-state index in [1.165, 1.54) is 25.7 Å². The van der Waals surface area contributed by atoms with Crippen LogP contribution in [0.3, 0.4) is 0 Å². The molecule has 1 aliphatic rings. The number of ether oxygens (including phenoxy) is 1. The van der Waals surface area contributed by atoms with Gasteiger partial charge in [-0.3, -0.25) is 0 Å². The van der Waals surface area contributed by atoms with Crippen molar-refractivity contribution in [1.29, 1.82) is 0 Å². The van der Waals surface area contributed by atoms with Gasteiger partial charge in [-0.05, 0) is 33.6 Å². The van der Waals surface area contributed by atoms with Crippen LogP contribution in [0.5, 0.6) is 0 Å². The number of rotatable bonds is 7. The second kappa shape index (κ2) is 8.62. The first-order valence-electron chi connectivity index (χ1n) is 8.49. The quantitative estimate of drug-likeness (QED) is 0.724. The van der Waals surface area contributed by atoms with Crippen molar-refractivity contribution >= 4 is 6.09 Å². The fourth-order valence-corrected chi connectivity index (χ4v) is 2.79. The van der Waals surface area contributed by atoms with Crippen LogP contribution in [-0.4, -0.2) is 40.9 Å². The molecule has 1 saturated heterocycles. The number of aliphatic hydroxyl groups is 1. The van der Waals surface area contributed by atoms with Crippen LogP contribution in [0, 0.1) is 5.92 Å². The molecule has 1 aliphatic heterocycles. The molecule has 1 fully saturated rings. The van der Waals surface area contributed by atoms with Crippen molar-refractivity contribution < 1.29 is 14.6 Å². The lowest BCUT2D eigenvalue weighted by Gasteiger charge is -2.25. The van der Waals surface area contributed by atoms with Crippen LogP contribution in [0.4, 0.5) is 4.79 Å². The Balaban J connectivity index is 2.25. The molecule has 2 unspecified atom stereocenters. The zero-order valence-electron chi connectivity index (χ0n) is 14.2. The van der Waals surface area contributed by atoms with E-state index in [0.29, 0.717) is 13.1 Å². The first kappa shape index (κ1) is 18.3. The topological polar surface area (TPSA) is 49.8 Å². The summed E-state index contributed by atoms with van der Waals surface area (Å²) in [5.74, 6) is 0.212. The summed E-state index contributed by atoms with van der Waals surface area (Å²) >= 11 is 0. The first-order valence-corrected chi connectivity index (χ1v) is 8.49. The van der Waals surface area contributed by atoms with Crippen LogP contribution in [0.1, 0.15) is 72.6 Å². The van der Waals surface area contributed by atoms with Crippen molar-refractivity contribution in [2.75, 3.05) is 13.1 Å². The largest absolute Gasteiger partial charge is 0.444 e. The maximum Gasteiger partial charge on any atom is 0.410 e. The van der Waals surface area contributed by atoms with Crippen LogP contribution < -0.4 is 0 Å². The molecular weight excluding hydrogens is 266 g/mol. The number of unbranched alkanes of at least 4 members (excludes halogenated alkanes) is 4. The van der Waals surface area contributed by atoms with Gasteiger partial charge in [0, 0.05) is 19.0 Å².